The Bertz CT molecular complexity index is 1800. The molecule has 0 aliphatic rings. The first-order valence-corrected chi connectivity index (χ1v) is 13.3. The fourth-order valence-corrected chi connectivity index (χ4v) is 4.41. The second-order valence-corrected chi connectivity index (χ2v) is 11.1. The van der Waals surface area contributed by atoms with E-state index in [2.05, 4.69) is 21.1 Å². The van der Waals surface area contributed by atoms with Crippen LogP contribution in [0.2, 0.25) is 0 Å². The van der Waals surface area contributed by atoms with Crippen LogP contribution < -0.4 is 16.0 Å². The first kappa shape index (κ1) is 31.7. The first-order valence-electron chi connectivity index (χ1n) is 13.3. The van der Waals surface area contributed by atoms with Crippen molar-refractivity contribution in [3.63, 3.8) is 0 Å². The predicted octanol–water partition coefficient (Wildman–Crippen LogP) is 6.95. The van der Waals surface area contributed by atoms with Gasteiger partial charge in [-0.05, 0) is 69.7 Å². The number of alkyl halides is 3. The number of carbonyl (C=O) groups is 4. The number of halogens is 3. The molecule has 1 aromatic heterocycles. The van der Waals surface area contributed by atoms with E-state index < -0.39 is 41.0 Å². The minimum atomic E-state index is -4.83. The lowest BCUT2D eigenvalue weighted by Crippen LogP contribution is -2.25. The number of nitrogens with zero attached hydrogens (tertiary/aromatic N) is 1. The molecule has 10 nitrogen and oxygen atoms in total. The summed E-state index contributed by atoms with van der Waals surface area (Å²) in [6, 6.07) is 10.5. The van der Waals surface area contributed by atoms with E-state index >= 15 is 0 Å². The van der Waals surface area contributed by atoms with Crippen molar-refractivity contribution < 1.29 is 41.6 Å². The monoisotopic (exact) mass is 610 g/mol. The largest absolute Gasteiger partial charge is 0.456 e. The number of hydrogen-bond donors (Lipinski definition) is 3. The van der Waals surface area contributed by atoms with Crippen LogP contribution in [0, 0.1) is 6.92 Å². The van der Waals surface area contributed by atoms with E-state index in [1.807, 2.05) is 0 Å². The predicted molar refractivity (Wildman–Crippen MR) is 157 cm³/mol. The molecule has 0 atom stereocenters. The van der Waals surface area contributed by atoms with Crippen molar-refractivity contribution in [1.82, 2.24) is 5.16 Å². The smallest absolute Gasteiger partial charge is 0.417 e. The number of amides is 3. The van der Waals surface area contributed by atoms with Crippen LogP contribution in [0.25, 0.3) is 22.1 Å². The van der Waals surface area contributed by atoms with Gasteiger partial charge in [0, 0.05) is 30.8 Å². The molecule has 0 fully saturated rings. The molecule has 0 spiro atoms. The maximum Gasteiger partial charge on any atom is 0.417 e. The molecule has 0 aliphatic carbocycles. The number of ether oxygens (including phenoxy) is 1. The highest BCUT2D eigenvalue weighted by molar-refractivity contribution is 6.14. The third-order valence-electron chi connectivity index (χ3n) is 6.11. The number of benzene rings is 3. The summed E-state index contributed by atoms with van der Waals surface area (Å²) in [6.45, 7) is 9.22. The third-order valence-corrected chi connectivity index (χ3v) is 6.11. The summed E-state index contributed by atoms with van der Waals surface area (Å²) in [6.07, 6.45) is -4.83. The number of carbonyl (C=O) groups excluding carboxylic acids is 4. The van der Waals surface area contributed by atoms with Gasteiger partial charge in [0.2, 0.25) is 11.8 Å². The summed E-state index contributed by atoms with van der Waals surface area (Å²) >= 11 is 0. The van der Waals surface area contributed by atoms with Crippen LogP contribution in [-0.4, -0.2) is 34.4 Å². The van der Waals surface area contributed by atoms with Crippen LogP contribution >= 0.6 is 0 Å². The molecule has 230 valence electrons. The van der Waals surface area contributed by atoms with E-state index in [-0.39, 0.29) is 50.4 Å². The normalized spacial score (nSPS) is 11.7. The van der Waals surface area contributed by atoms with Crippen LogP contribution in [-0.2, 0) is 20.5 Å². The van der Waals surface area contributed by atoms with Gasteiger partial charge in [0.05, 0.1) is 22.2 Å². The van der Waals surface area contributed by atoms with Gasteiger partial charge in [-0.3, -0.25) is 14.4 Å². The number of hydrogen-bond acceptors (Lipinski definition) is 7. The SMILES string of the molecule is CC(=O)Nc1ccc(-c2cc3onc(C(=O)Nc4ccc(C)cc4C(=O)OC(C)(C)C)c3cc2NC(C)=O)c(C(F)(F)F)c1. The molecule has 0 saturated heterocycles. The molecule has 13 heteroatoms. The van der Waals surface area contributed by atoms with E-state index in [1.165, 1.54) is 38.1 Å². The summed E-state index contributed by atoms with van der Waals surface area (Å²) in [5, 5.41) is 11.4. The Morgan fingerprint density at radius 2 is 1.50 bits per heavy atom. The molecule has 4 aromatic rings. The van der Waals surface area contributed by atoms with Crippen molar-refractivity contribution in [3.8, 4) is 11.1 Å². The van der Waals surface area contributed by atoms with E-state index in [0.717, 1.165) is 17.7 Å². The fourth-order valence-electron chi connectivity index (χ4n) is 4.41. The van der Waals surface area contributed by atoms with Gasteiger partial charge in [0.15, 0.2) is 11.3 Å². The van der Waals surface area contributed by atoms with E-state index in [4.69, 9.17) is 9.26 Å². The van der Waals surface area contributed by atoms with E-state index in [0.29, 0.717) is 0 Å². The third kappa shape index (κ3) is 7.22. The molecule has 1 heterocycles. The van der Waals surface area contributed by atoms with Crippen molar-refractivity contribution in [3.05, 3.63) is 70.9 Å². The second kappa shape index (κ2) is 11.8. The molecule has 3 N–H and O–H groups in total. The van der Waals surface area contributed by atoms with Gasteiger partial charge in [-0.15, -0.1) is 0 Å². The Labute approximate surface area is 249 Å². The average Bonchev–Trinajstić information content (AvgIpc) is 3.30. The van der Waals surface area contributed by atoms with Gasteiger partial charge in [-0.25, -0.2) is 4.79 Å². The van der Waals surface area contributed by atoms with Crippen molar-refractivity contribution in [2.45, 2.75) is 53.3 Å². The molecule has 0 saturated carbocycles. The number of aromatic nitrogens is 1. The van der Waals surface area contributed by atoms with Crippen LogP contribution in [0.3, 0.4) is 0 Å². The van der Waals surface area contributed by atoms with E-state index in [9.17, 15) is 32.3 Å². The highest BCUT2D eigenvalue weighted by Gasteiger charge is 2.35. The molecule has 3 aromatic carbocycles. The molecule has 44 heavy (non-hydrogen) atoms. The highest BCUT2D eigenvalue weighted by atomic mass is 19.4. The van der Waals surface area contributed by atoms with Gasteiger partial charge >= 0.3 is 12.1 Å². The Kier molecular flexibility index (Phi) is 8.53. The number of rotatable bonds is 6. The highest BCUT2D eigenvalue weighted by Crippen LogP contribution is 2.43. The summed E-state index contributed by atoms with van der Waals surface area (Å²) in [5.74, 6) is -2.58. The lowest BCUT2D eigenvalue weighted by molar-refractivity contribution is -0.137. The summed E-state index contributed by atoms with van der Waals surface area (Å²) in [7, 11) is 0. The van der Waals surface area contributed by atoms with Crippen molar-refractivity contribution in [2.24, 2.45) is 0 Å². The number of anilines is 3. The minimum Gasteiger partial charge on any atom is -0.456 e. The topological polar surface area (TPSA) is 140 Å². The van der Waals surface area contributed by atoms with Crippen LogP contribution in [0.4, 0.5) is 30.2 Å². The molecular formula is C31H29F3N4O6. The van der Waals surface area contributed by atoms with Crippen molar-refractivity contribution in [2.75, 3.05) is 16.0 Å². The quantitative estimate of drug-likeness (QED) is 0.201. The average molecular weight is 611 g/mol. The Balaban J connectivity index is 1.80. The Morgan fingerprint density at radius 1 is 0.818 bits per heavy atom. The molecule has 0 bridgehead atoms. The molecule has 0 radical (unpaired) electrons. The van der Waals surface area contributed by atoms with Crippen molar-refractivity contribution >= 4 is 51.7 Å². The van der Waals surface area contributed by atoms with Crippen LogP contribution in [0.5, 0.6) is 0 Å². The zero-order valence-electron chi connectivity index (χ0n) is 24.6. The van der Waals surface area contributed by atoms with Gasteiger partial charge < -0.3 is 25.2 Å². The minimum absolute atomic E-state index is 0.0467. The van der Waals surface area contributed by atoms with Crippen LogP contribution in [0.1, 0.15) is 66.6 Å². The Morgan fingerprint density at radius 3 is 2.11 bits per heavy atom. The van der Waals surface area contributed by atoms with Gasteiger partial charge in [0.1, 0.15) is 5.60 Å². The number of aryl methyl sites for hydroxylation is 1. The maximum atomic E-state index is 14.2. The standard InChI is InChI=1S/C31H29F3N4O6/c1-15-7-10-24(21(11-15)29(42)43-30(4,5)6)37-28(41)27-22-13-25(36-17(3)40)20(14-26(22)44-38-27)19-9-8-18(35-16(2)39)12-23(19)31(32,33)34/h7-14H,1-6H3,(H,35,39)(H,36,40)(H,37,41). The molecule has 3 amide bonds. The molecular weight excluding hydrogens is 581 g/mol. The lowest BCUT2D eigenvalue weighted by Gasteiger charge is -2.21. The molecule has 0 unspecified atom stereocenters. The zero-order chi connectivity index (χ0) is 32.6. The Hall–Kier alpha value is -5.20. The summed E-state index contributed by atoms with van der Waals surface area (Å²) in [4.78, 5) is 49.7. The van der Waals surface area contributed by atoms with Gasteiger partial charge in [-0.1, -0.05) is 22.9 Å². The maximum absolute atomic E-state index is 14.2. The zero-order valence-corrected chi connectivity index (χ0v) is 24.6. The summed E-state index contributed by atoms with van der Waals surface area (Å²) < 4.78 is 53.3. The fraction of sp³-hybridized carbons (Fsp3) is 0.258. The molecule has 4 rings (SSSR count). The number of fused-ring (bicyclic) bond motifs is 1. The molecule has 0 aliphatic heterocycles. The van der Waals surface area contributed by atoms with E-state index in [1.54, 1.807) is 39.8 Å². The van der Waals surface area contributed by atoms with Crippen molar-refractivity contribution in [1.29, 1.82) is 0 Å². The lowest BCUT2D eigenvalue weighted by atomic mass is 9.95. The van der Waals surface area contributed by atoms with Crippen LogP contribution in [0.15, 0.2) is 53.1 Å². The van der Waals surface area contributed by atoms with Gasteiger partial charge in [0.25, 0.3) is 5.91 Å². The number of esters is 1. The summed E-state index contributed by atoms with van der Waals surface area (Å²) in [5.41, 5.74) is -1.69. The van der Waals surface area contributed by atoms with Gasteiger partial charge in [-0.2, -0.15) is 13.2 Å². The second-order valence-electron chi connectivity index (χ2n) is 11.1. The first-order chi connectivity index (χ1) is 20.4. The number of nitrogens with one attached hydrogen (secondary N) is 3.